The lowest BCUT2D eigenvalue weighted by Crippen LogP contribution is -2.41. The summed E-state index contributed by atoms with van der Waals surface area (Å²) in [5, 5.41) is 0. The van der Waals surface area contributed by atoms with Crippen LogP contribution in [0, 0.1) is 11.8 Å². The summed E-state index contributed by atoms with van der Waals surface area (Å²) in [4.78, 5) is 2.74. The molecule has 1 aliphatic rings. The average Bonchev–Trinajstić information content (AvgIpc) is 2.59. The van der Waals surface area contributed by atoms with Gasteiger partial charge in [-0.2, -0.15) is 0 Å². The number of nitrogens with one attached hydrogen (secondary N) is 1. The van der Waals surface area contributed by atoms with Crippen LogP contribution in [-0.4, -0.2) is 45.6 Å². The molecule has 1 aromatic carbocycles. The monoisotopic (exact) mass is 368 g/mol. The van der Waals surface area contributed by atoms with E-state index in [1.165, 1.54) is 0 Å². The summed E-state index contributed by atoms with van der Waals surface area (Å²) in [5.74, 6) is 1.55. The van der Waals surface area contributed by atoms with Crippen LogP contribution in [0.15, 0.2) is 29.2 Å². The molecule has 5 nitrogen and oxygen atoms in total. The fourth-order valence-corrected chi connectivity index (χ4v) is 4.08. The number of piperidine rings is 1. The molecule has 0 amide bonds. The Balaban J connectivity index is 1.85. The summed E-state index contributed by atoms with van der Waals surface area (Å²) in [6.07, 6.45) is 2.09. The zero-order chi connectivity index (χ0) is 18.4. The van der Waals surface area contributed by atoms with Gasteiger partial charge in [-0.05, 0) is 75.9 Å². The third-order valence-electron chi connectivity index (χ3n) is 4.66. The van der Waals surface area contributed by atoms with Crippen LogP contribution in [0.4, 0.5) is 0 Å². The van der Waals surface area contributed by atoms with E-state index >= 15 is 0 Å². The molecule has 0 atom stereocenters. The van der Waals surface area contributed by atoms with Crippen molar-refractivity contribution in [2.75, 3.05) is 26.2 Å². The highest BCUT2D eigenvalue weighted by Gasteiger charge is 2.23. The Kier molecular flexibility index (Phi) is 7.28. The van der Waals surface area contributed by atoms with Gasteiger partial charge in [0.05, 0.1) is 11.5 Å². The van der Waals surface area contributed by atoms with Crippen molar-refractivity contribution in [3.63, 3.8) is 0 Å². The summed E-state index contributed by atoms with van der Waals surface area (Å²) in [7, 11) is -3.46. The Morgan fingerprint density at radius 2 is 1.72 bits per heavy atom. The first-order valence-corrected chi connectivity index (χ1v) is 10.7. The summed E-state index contributed by atoms with van der Waals surface area (Å²) in [6.45, 7) is 11.8. The maximum atomic E-state index is 12.5. The summed E-state index contributed by atoms with van der Waals surface area (Å²) in [5.41, 5.74) is 0. The predicted molar refractivity (Wildman–Crippen MR) is 101 cm³/mol. The number of ether oxygens (including phenoxy) is 1. The standard InChI is InChI=1S/C19H32N2O3S/c1-15(2)14-24-18-5-7-19(8-6-18)25(22,23)20-13-17-9-11-21(12-10-17)16(3)4/h5-8,15-17,20H,9-14H2,1-4H3. The minimum atomic E-state index is -3.46. The van der Waals surface area contributed by atoms with E-state index in [0.29, 0.717) is 41.7 Å². The molecule has 2 rings (SSSR count). The first kappa shape index (κ1) is 20.2. The predicted octanol–water partition coefficient (Wildman–Crippen LogP) is 3.12. The van der Waals surface area contributed by atoms with E-state index in [1.807, 2.05) is 0 Å². The Hall–Kier alpha value is -1.11. The van der Waals surface area contributed by atoms with Gasteiger partial charge in [0.2, 0.25) is 10.0 Å². The second-order valence-electron chi connectivity index (χ2n) is 7.60. The van der Waals surface area contributed by atoms with Crippen LogP contribution >= 0.6 is 0 Å². The molecule has 1 heterocycles. The van der Waals surface area contributed by atoms with Crippen LogP contribution in [-0.2, 0) is 10.0 Å². The highest BCUT2D eigenvalue weighted by Crippen LogP contribution is 2.20. The molecule has 0 unspecified atom stereocenters. The van der Waals surface area contributed by atoms with Gasteiger partial charge in [0, 0.05) is 12.6 Å². The van der Waals surface area contributed by atoms with E-state index < -0.39 is 10.0 Å². The molecule has 1 N–H and O–H groups in total. The van der Waals surface area contributed by atoms with Gasteiger partial charge in [-0.15, -0.1) is 0 Å². The molecule has 0 aromatic heterocycles. The van der Waals surface area contributed by atoms with Gasteiger partial charge < -0.3 is 9.64 Å². The smallest absolute Gasteiger partial charge is 0.240 e. The van der Waals surface area contributed by atoms with Crippen LogP contribution in [0.2, 0.25) is 0 Å². The van der Waals surface area contributed by atoms with Gasteiger partial charge in [-0.3, -0.25) is 0 Å². The third kappa shape index (κ3) is 6.28. The average molecular weight is 369 g/mol. The Bertz CT molecular complexity index is 619. The van der Waals surface area contributed by atoms with Gasteiger partial charge >= 0.3 is 0 Å². The maximum absolute atomic E-state index is 12.5. The van der Waals surface area contributed by atoms with Crippen LogP contribution in [0.1, 0.15) is 40.5 Å². The quantitative estimate of drug-likeness (QED) is 0.766. The molecule has 142 valence electrons. The number of hydrogen-bond acceptors (Lipinski definition) is 4. The van der Waals surface area contributed by atoms with Crippen molar-refractivity contribution >= 4 is 10.0 Å². The SMILES string of the molecule is CC(C)COc1ccc(S(=O)(=O)NCC2CCN(C(C)C)CC2)cc1. The molecule has 0 saturated carbocycles. The van der Waals surface area contributed by atoms with E-state index in [1.54, 1.807) is 24.3 Å². The molecule has 6 heteroatoms. The molecule has 0 bridgehead atoms. The maximum Gasteiger partial charge on any atom is 0.240 e. The summed E-state index contributed by atoms with van der Waals surface area (Å²) in [6, 6.07) is 7.23. The van der Waals surface area contributed by atoms with Crippen LogP contribution in [0.3, 0.4) is 0 Å². The molecular weight excluding hydrogens is 336 g/mol. The van der Waals surface area contributed by atoms with Gasteiger partial charge in [-0.25, -0.2) is 13.1 Å². The molecule has 0 aliphatic carbocycles. The molecule has 1 aliphatic heterocycles. The van der Waals surface area contributed by atoms with Crippen molar-refractivity contribution in [1.82, 2.24) is 9.62 Å². The summed E-state index contributed by atoms with van der Waals surface area (Å²) >= 11 is 0. The van der Waals surface area contributed by atoms with E-state index in [-0.39, 0.29) is 0 Å². The third-order valence-corrected chi connectivity index (χ3v) is 6.10. The number of hydrogen-bond donors (Lipinski definition) is 1. The van der Waals surface area contributed by atoms with Crippen molar-refractivity contribution in [2.24, 2.45) is 11.8 Å². The molecule has 1 aromatic rings. The zero-order valence-corrected chi connectivity index (χ0v) is 16.7. The normalized spacial score (nSPS) is 17.4. The first-order chi connectivity index (χ1) is 11.8. The first-order valence-electron chi connectivity index (χ1n) is 9.24. The fraction of sp³-hybridized carbons (Fsp3) is 0.684. The van der Waals surface area contributed by atoms with E-state index in [9.17, 15) is 8.42 Å². The highest BCUT2D eigenvalue weighted by molar-refractivity contribution is 7.89. The lowest BCUT2D eigenvalue weighted by molar-refractivity contribution is 0.151. The van der Waals surface area contributed by atoms with E-state index in [0.717, 1.165) is 25.9 Å². The van der Waals surface area contributed by atoms with Crippen molar-refractivity contribution in [3.8, 4) is 5.75 Å². The minimum absolute atomic E-state index is 0.295. The lowest BCUT2D eigenvalue weighted by Gasteiger charge is -2.34. The number of sulfonamides is 1. The van der Waals surface area contributed by atoms with E-state index in [4.69, 9.17) is 4.74 Å². The molecule has 25 heavy (non-hydrogen) atoms. The number of likely N-dealkylation sites (tertiary alicyclic amines) is 1. The largest absolute Gasteiger partial charge is 0.493 e. The van der Waals surface area contributed by atoms with Gasteiger partial charge in [0.15, 0.2) is 0 Å². The van der Waals surface area contributed by atoms with Crippen LogP contribution in [0.25, 0.3) is 0 Å². The molecule has 0 radical (unpaired) electrons. The van der Waals surface area contributed by atoms with E-state index in [2.05, 4.69) is 37.3 Å². The van der Waals surface area contributed by atoms with Crippen molar-refractivity contribution in [1.29, 1.82) is 0 Å². The Labute approximate surface area is 152 Å². The van der Waals surface area contributed by atoms with Gasteiger partial charge in [0.25, 0.3) is 0 Å². The van der Waals surface area contributed by atoms with Crippen molar-refractivity contribution in [2.45, 2.75) is 51.5 Å². The number of rotatable bonds is 8. The highest BCUT2D eigenvalue weighted by atomic mass is 32.2. The van der Waals surface area contributed by atoms with Crippen molar-refractivity contribution in [3.05, 3.63) is 24.3 Å². The second kappa shape index (κ2) is 9.01. The zero-order valence-electron chi connectivity index (χ0n) is 15.9. The van der Waals surface area contributed by atoms with Gasteiger partial charge in [-0.1, -0.05) is 13.8 Å². The Morgan fingerprint density at radius 3 is 2.24 bits per heavy atom. The van der Waals surface area contributed by atoms with Gasteiger partial charge in [0.1, 0.15) is 5.75 Å². The summed E-state index contributed by atoms with van der Waals surface area (Å²) < 4.78 is 33.3. The Morgan fingerprint density at radius 1 is 1.12 bits per heavy atom. The number of benzene rings is 1. The lowest BCUT2D eigenvalue weighted by atomic mass is 9.96. The molecule has 0 spiro atoms. The van der Waals surface area contributed by atoms with Crippen LogP contribution < -0.4 is 9.46 Å². The fourth-order valence-electron chi connectivity index (χ4n) is 2.96. The minimum Gasteiger partial charge on any atom is -0.493 e. The van der Waals surface area contributed by atoms with Crippen molar-refractivity contribution < 1.29 is 13.2 Å². The molecule has 1 saturated heterocycles. The van der Waals surface area contributed by atoms with Crippen LogP contribution in [0.5, 0.6) is 5.75 Å². The molecule has 1 fully saturated rings. The topological polar surface area (TPSA) is 58.6 Å². The number of nitrogens with zero attached hydrogens (tertiary/aromatic N) is 1. The second-order valence-corrected chi connectivity index (χ2v) is 9.37. The molecular formula is C19H32N2O3S.